The molecule has 0 aliphatic carbocycles. The molecule has 0 saturated heterocycles. The fourth-order valence-electron chi connectivity index (χ4n) is 0.493. The Balaban J connectivity index is -0.000000720. The van der Waals surface area contributed by atoms with Crippen LogP contribution in [0, 0.1) is 23.8 Å². The van der Waals surface area contributed by atoms with Crippen LogP contribution in [0.5, 0.6) is 0 Å². The SMILES string of the molecule is [Br-].[C-]#C/C=C\C#C[Si](C)(C)C(C)(C)C.[Mg+2]. The van der Waals surface area contributed by atoms with E-state index in [0.29, 0.717) is 5.04 Å². The molecule has 0 aliphatic rings. The van der Waals surface area contributed by atoms with Crippen LogP contribution >= 0.6 is 0 Å². The molecule has 0 heterocycles. The molecule has 0 N–H and O–H groups in total. The van der Waals surface area contributed by atoms with Crippen LogP contribution in [0.25, 0.3) is 0 Å². The van der Waals surface area contributed by atoms with E-state index in [1.165, 1.54) is 6.08 Å². The van der Waals surface area contributed by atoms with Gasteiger partial charge in [0.2, 0.25) is 0 Å². The predicted octanol–water partition coefficient (Wildman–Crippen LogP) is -0.193. The van der Waals surface area contributed by atoms with E-state index in [-0.39, 0.29) is 40.0 Å². The molecule has 0 aromatic heterocycles. The Hall–Kier alpha value is 0.323. The Kier molecular flexibility index (Phi) is 11.7. The van der Waals surface area contributed by atoms with Gasteiger partial charge in [0.1, 0.15) is 8.07 Å². The largest absolute Gasteiger partial charge is 2.00 e. The Bertz CT molecular complexity index is 294. The van der Waals surface area contributed by atoms with Gasteiger partial charge in [-0.05, 0) is 5.04 Å². The standard InChI is InChI=1S/C12H17Si.BrH.Mg/c1-7-8-9-10-11-13(5,6)12(2,3)4;;/h8-9H,2-6H3;1H;/q-1;;+2/p-1/b9-8-;;. The summed E-state index contributed by atoms with van der Waals surface area (Å²) in [4.78, 5) is 0. The van der Waals surface area contributed by atoms with E-state index in [1.54, 1.807) is 6.08 Å². The van der Waals surface area contributed by atoms with Crippen LogP contribution in [0.3, 0.4) is 0 Å². The zero-order valence-electron chi connectivity index (χ0n) is 10.2. The van der Waals surface area contributed by atoms with Gasteiger partial charge < -0.3 is 23.4 Å². The fourth-order valence-corrected chi connectivity index (χ4v) is 1.31. The molecule has 0 unspecified atom stereocenters. The smallest absolute Gasteiger partial charge is 1.00 e. The first-order valence-electron chi connectivity index (χ1n) is 4.41. The molecule has 0 aliphatic heterocycles. The van der Waals surface area contributed by atoms with Crippen LogP contribution in [0.4, 0.5) is 0 Å². The molecule has 0 fully saturated rings. The van der Waals surface area contributed by atoms with Crippen molar-refractivity contribution in [1.29, 1.82) is 0 Å². The van der Waals surface area contributed by atoms with Crippen LogP contribution in [0.1, 0.15) is 20.8 Å². The maximum absolute atomic E-state index is 6.67. The van der Waals surface area contributed by atoms with Gasteiger partial charge in [-0.25, -0.2) is 0 Å². The summed E-state index contributed by atoms with van der Waals surface area (Å²) in [5.41, 5.74) is 3.31. The molecule has 0 radical (unpaired) electrons. The van der Waals surface area contributed by atoms with E-state index < -0.39 is 8.07 Å². The second-order valence-electron chi connectivity index (χ2n) is 4.62. The molecule has 3 heteroatoms. The van der Waals surface area contributed by atoms with Crippen LogP contribution in [-0.2, 0) is 0 Å². The monoisotopic (exact) mass is 292 g/mol. The first kappa shape index (κ1) is 20.7. The summed E-state index contributed by atoms with van der Waals surface area (Å²) in [5.74, 6) is 5.16. The van der Waals surface area contributed by atoms with E-state index in [4.69, 9.17) is 6.42 Å². The Morgan fingerprint density at radius 3 is 1.93 bits per heavy atom. The van der Waals surface area contributed by atoms with Crippen molar-refractivity contribution in [3.05, 3.63) is 18.6 Å². The minimum absolute atomic E-state index is 0. The summed E-state index contributed by atoms with van der Waals surface area (Å²) in [6.07, 6.45) is 9.88. The van der Waals surface area contributed by atoms with Crippen molar-refractivity contribution in [2.45, 2.75) is 38.9 Å². The van der Waals surface area contributed by atoms with E-state index >= 15 is 0 Å². The topological polar surface area (TPSA) is 0 Å². The average molecular weight is 294 g/mol. The molecule has 0 spiro atoms. The first-order valence-corrected chi connectivity index (χ1v) is 7.41. The van der Waals surface area contributed by atoms with Gasteiger partial charge in [-0.3, -0.25) is 5.92 Å². The van der Waals surface area contributed by atoms with Crippen LogP contribution in [-0.4, -0.2) is 31.1 Å². The Labute approximate surface area is 122 Å². The van der Waals surface area contributed by atoms with Gasteiger partial charge in [-0.1, -0.05) is 39.9 Å². The van der Waals surface area contributed by atoms with E-state index in [2.05, 4.69) is 51.2 Å². The molecule has 0 amide bonds. The zero-order chi connectivity index (χ0) is 10.5. The third kappa shape index (κ3) is 8.16. The maximum atomic E-state index is 6.67. The van der Waals surface area contributed by atoms with Crippen LogP contribution in [0.2, 0.25) is 18.1 Å². The van der Waals surface area contributed by atoms with Crippen LogP contribution < -0.4 is 17.0 Å². The molecule has 0 rings (SSSR count). The van der Waals surface area contributed by atoms with E-state index in [1.807, 2.05) is 0 Å². The van der Waals surface area contributed by atoms with Gasteiger partial charge in [0, 0.05) is 0 Å². The second kappa shape index (κ2) is 8.47. The minimum atomic E-state index is -1.46. The normalized spacial score (nSPS) is 10.4. The predicted molar refractivity (Wildman–Crippen MR) is 67.0 cm³/mol. The molecular weight excluding hydrogens is 276 g/mol. The maximum Gasteiger partial charge on any atom is 2.00 e. The van der Waals surface area contributed by atoms with Gasteiger partial charge in [-0.2, -0.15) is 6.08 Å². The molecule has 0 nitrogen and oxygen atoms in total. The van der Waals surface area contributed by atoms with Gasteiger partial charge in [-0.15, -0.1) is 11.5 Å². The summed E-state index contributed by atoms with van der Waals surface area (Å²) in [6, 6.07) is 0. The van der Waals surface area contributed by atoms with Crippen LogP contribution in [0.15, 0.2) is 12.2 Å². The summed E-state index contributed by atoms with van der Waals surface area (Å²) in [5, 5.41) is 0.308. The summed E-state index contributed by atoms with van der Waals surface area (Å²) < 4.78 is 0. The molecule has 0 bridgehead atoms. The van der Waals surface area contributed by atoms with Crippen molar-refractivity contribution >= 4 is 31.1 Å². The van der Waals surface area contributed by atoms with Gasteiger partial charge in [0.05, 0.1) is 0 Å². The molecule has 78 valence electrons. The van der Waals surface area contributed by atoms with Crippen molar-refractivity contribution in [2.75, 3.05) is 0 Å². The summed E-state index contributed by atoms with van der Waals surface area (Å²) in [7, 11) is -1.46. The molecule has 15 heavy (non-hydrogen) atoms. The number of hydrogen-bond acceptors (Lipinski definition) is 0. The van der Waals surface area contributed by atoms with Crippen molar-refractivity contribution < 1.29 is 17.0 Å². The quantitative estimate of drug-likeness (QED) is 0.330. The molecular formula is C12H17BrMgSi. The molecule has 0 aromatic rings. The van der Waals surface area contributed by atoms with Crippen molar-refractivity contribution in [1.82, 2.24) is 0 Å². The molecule has 0 saturated carbocycles. The third-order valence-electron chi connectivity index (χ3n) is 2.51. The van der Waals surface area contributed by atoms with E-state index in [9.17, 15) is 0 Å². The van der Waals surface area contributed by atoms with Crippen molar-refractivity contribution in [3.63, 3.8) is 0 Å². The van der Waals surface area contributed by atoms with E-state index in [0.717, 1.165) is 0 Å². The minimum Gasteiger partial charge on any atom is -1.00 e. The zero-order valence-corrected chi connectivity index (χ0v) is 14.2. The van der Waals surface area contributed by atoms with Gasteiger partial charge in [0.15, 0.2) is 0 Å². The number of rotatable bonds is 0. The fraction of sp³-hybridized carbons (Fsp3) is 0.500. The Morgan fingerprint density at radius 1 is 1.13 bits per heavy atom. The molecule has 0 atom stereocenters. The van der Waals surface area contributed by atoms with Gasteiger partial charge >= 0.3 is 23.1 Å². The Morgan fingerprint density at radius 2 is 1.60 bits per heavy atom. The number of hydrogen-bond donors (Lipinski definition) is 0. The number of halogens is 1. The average Bonchev–Trinajstić information content (AvgIpc) is 1.96. The third-order valence-corrected chi connectivity index (χ3v) is 7.03. The van der Waals surface area contributed by atoms with Crippen molar-refractivity contribution in [3.8, 4) is 17.4 Å². The molecule has 0 aromatic carbocycles. The summed E-state index contributed by atoms with van der Waals surface area (Å²) >= 11 is 0. The van der Waals surface area contributed by atoms with Gasteiger partial charge in [0.25, 0.3) is 0 Å². The number of allylic oxidation sites excluding steroid dienone is 2. The second-order valence-corrected chi connectivity index (χ2v) is 9.62. The van der Waals surface area contributed by atoms with Crippen molar-refractivity contribution in [2.24, 2.45) is 0 Å². The summed E-state index contributed by atoms with van der Waals surface area (Å²) in [6.45, 7) is 11.2. The first-order chi connectivity index (χ1) is 5.81.